The molecule has 0 atom stereocenters. The summed E-state index contributed by atoms with van der Waals surface area (Å²) in [6.45, 7) is 1.88. The predicted molar refractivity (Wildman–Crippen MR) is 77.0 cm³/mol. The molecule has 2 heterocycles. The Morgan fingerprint density at radius 3 is 3.00 bits per heavy atom. The Labute approximate surface area is 125 Å². The molecular formula is C14H11ClN4O2. The Morgan fingerprint density at radius 1 is 1.38 bits per heavy atom. The molecule has 0 saturated carbocycles. The number of hydrogen-bond acceptors (Lipinski definition) is 5. The number of nitrogens with one attached hydrogen (secondary N) is 1. The highest BCUT2D eigenvalue weighted by Gasteiger charge is 2.13. The first-order valence-electron chi connectivity index (χ1n) is 6.26. The summed E-state index contributed by atoms with van der Waals surface area (Å²) in [7, 11) is 0. The number of fused-ring (bicyclic) bond motifs is 1. The third kappa shape index (κ3) is 2.71. The van der Waals surface area contributed by atoms with Gasteiger partial charge in [0.1, 0.15) is 0 Å². The highest BCUT2D eigenvalue weighted by molar-refractivity contribution is 6.36. The summed E-state index contributed by atoms with van der Waals surface area (Å²) in [6.07, 6.45) is 1.62. The van der Waals surface area contributed by atoms with Gasteiger partial charge in [0.05, 0.1) is 22.6 Å². The molecule has 21 heavy (non-hydrogen) atoms. The topological polar surface area (TPSA) is 80.9 Å². The maximum Gasteiger partial charge on any atom is 0.253 e. The van der Waals surface area contributed by atoms with E-state index in [9.17, 15) is 4.79 Å². The lowest BCUT2D eigenvalue weighted by atomic mass is 10.1. The maximum atomic E-state index is 12.3. The van der Waals surface area contributed by atoms with Crippen molar-refractivity contribution in [2.45, 2.75) is 13.5 Å². The van der Waals surface area contributed by atoms with E-state index in [4.69, 9.17) is 16.1 Å². The van der Waals surface area contributed by atoms with E-state index in [1.807, 2.05) is 6.07 Å². The van der Waals surface area contributed by atoms with Crippen molar-refractivity contribution in [3.63, 3.8) is 0 Å². The fourth-order valence-corrected chi connectivity index (χ4v) is 2.20. The average molecular weight is 303 g/mol. The second kappa shape index (κ2) is 5.49. The van der Waals surface area contributed by atoms with Gasteiger partial charge in [-0.15, -0.1) is 0 Å². The summed E-state index contributed by atoms with van der Waals surface area (Å²) in [5.41, 5.74) is 1.02. The molecule has 106 valence electrons. The zero-order chi connectivity index (χ0) is 14.8. The quantitative estimate of drug-likeness (QED) is 0.804. The number of aromatic nitrogens is 3. The number of rotatable bonds is 3. The Kier molecular flexibility index (Phi) is 3.53. The number of benzene rings is 1. The van der Waals surface area contributed by atoms with Crippen molar-refractivity contribution in [2.75, 3.05) is 0 Å². The lowest BCUT2D eigenvalue weighted by molar-refractivity contribution is 0.0951. The highest BCUT2D eigenvalue weighted by atomic mass is 35.5. The number of pyridine rings is 1. The highest BCUT2D eigenvalue weighted by Crippen LogP contribution is 2.24. The minimum atomic E-state index is -0.266. The molecule has 1 N–H and O–H groups in total. The lowest BCUT2D eigenvalue weighted by Crippen LogP contribution is -2.23. The molecule has 3 rings (SSSR count). The van der Waals surface area contributed by atoms with Crippen LogP contribution in [0.5, 0.6) is 0 Å². The van der Waals surface area contributed by atoms with Crippen LogP contribution >= 0.6 is 11.6 Å². The Hall–Kier alpha value is -2.47. The molecular weight excluding hydrogens is 292 g/mol. The van der Waals surface area contributed by atoms with E-state index >= 15 is 0 Å². The SMILES string of the molecule is Cc1nc(CNC(=O)c2ccc(Cl)c3cccnc23)no1. The van der Waals surface area contributed by atoms with Crippen molar-refractivity contribution in [1.29, 1.82) is 0 Å². The first-order chi connectivity index (χ1) is 10.1. The van der Waals surface area contributed by atoms with Crippen LogP contribution in [0.1, 0.15) is 22.1 Å². The third-order valence-electron chi connectivity index (χ3n) is 2.94. The Balaban J connectivity index is 1.86. The first-order valence-corrected chi connectivity index (χ1v) is 6.63. The molecule has 0 aliphatic carbocycles. The van der Waals surface area contributed by atoms with E-state index in [0.29, 0.717) is 27.8 Å². The van der Waals surface area contributed by atoms with Crippen molar-refractivity contribution < 1.29 is 9.32 Å². The molecule has 0 unspecified atom stereocenters. The molecule has 0 saturated heterocycles. The third-order valence-corrected chi connectivity index (χ3v) is 3.27. The van der Waals surface area contributed by atoms with E-state index in [2.05, 4.69) is 20.4 Å². The first kappa shape index (κ1) is 13.5. The van der Waals surface area contributed by atoms with Gasteiger partial charge in [0.15, 0.2) is 5.82 Å². The van der Waals surface area contributed by atoms with Gasteiger partial charge in [0.2, 0.25) is 5.89 Å². The van der Waals surface area contributed by atoms with Gasteiger partial charge in [-0.3, -0.25) is 9.78 Å². The Morgan fingerprint density at radius 2 is 2.24 bits per heavy atom. The molecule has 0 radical (unpaired) electrons. The van der Waals surface area contributed by atoms with Crippen molar-refractivity contribution in [3.05, 3.63) is 52.8 Å². The summed E-state index contributed by atoms with van der Waals surface area (Å²) < 4.78 is 4.85. The summed E-state index contributed by atoms with van der Waals surface area (Å²) >= 11 is 6.11. The van der Waals surface area contributed by atoms with Crippen LogP contribution in [0, 0.1) is 6.92 Å². The molecule has 1 aromatic carbocycles. The van der Waals surface area contributed by atoms with Gasteiger partial charge in [0.25, 0.3) is 5.91 Å². The molecule has 0 spiro atoms. The van der Waals surface area contributed by atoms with Crippen LogP contribution in [0.15, 0.2) is 35.0 Å². The number of amides is 1. The van der Waals surface area contributed by atoms with E-state index < -0.39 is 0 Å². The van der Waals surface area contributed by atoms with Crippen LogP contribution in [-0.4, -0.2) is 21.0 Å². The number of aryl methyl sites for hydroxylation is 1. The summed E-state index contributed by atoms with van der Waals surface area (Å²) in [5, 5.41) is 7.75. The monoisotopic (exact) mass is 302 g/mol. The zero-order valence-electron chi connectivity index (χ0n) is 11.1. The van der Waals surface area contributed by atoms with Gasteiger partial charge < -0.3 is 9.84 Å². The number of carbonyl (C=O) groups is 1. The molecule has 6 nitrogen and oxygen atoms in total. The molecule has 0 fully saturated rings. The smallest absolute Gasteiger partial charge is 0.253 e. The van der Waals surface area contributed by atoms with Crippen LogP contribution in [0.4, 0.5) is 0 Å². The minimum Gasteiger partial charge on any atom is -0.345 e. The van der Waals surface area contributed by atoms with Crippen LogP contribution in [0.25, 0.3) is 10.9 Å². The van der Waals surface area contributed by atoms with Crippen molar-refractivity contribution in [2.24, 2.45) is 0 Å². The van der Waals surface area contributed by atoms with Gasteiger partial charge >= 0.3 is 0 Å². The second-order valence-electron chi connectivity index (χ2n) is 4.41. The second-order valence-corrected chi connectivity index (χ2v) is 4.81. The largest absolute Gasteiger partial charge is 0.345 e. The zero-order valence-corrected chi connectivity index (χ0v) is 11.9. The van der Waals surface area contributed by atoms with Gasteiger partial charge in [-0.2, -0.15) is 4.98 Å². The Bertz CT molecular complexity index is 816. The normalized spacial score (nSPS) is 10.8. The van der Waals surface area contributed by atoms with Gasteiger partial charge in [-0.25, -0.2) is 0 Å². The molecule has 0 aliphatic heterocycles. The fraction of sp³-hybridized carbons (Fsp3) is 0.143. The van der Waals surface area contributed by atoms with Crippen LogP contribution in [0.3, 0.4) is 0 Å². The molecule has 2 aromatic heterocycles. The van der Waals surface area contributed by atoms with E-state index in [-0.39, 0.29) is 12.5 Å². The maximum absolute atomic E-state index is 12.3. The molecule has 7 heteroatoms. The summed E-state index contributed by atoms with van der Waals surface area (Å²) in [4.78, 5) is 20.5. The standard InChI is InChI=1S/C14H11ClN4O2/c1-8-18-12(19-21-8)7-17-14(20)10-4-5-11(15)9-3-2-6-16-13(9)10/h2-6H,7H2,1H3,(H,17,20). The van der Waals surface area contributed by atoms with Crippen molar-refractivity contribution in [3.8, 4) is 0 Å². The van der Waals surface area contributed by atoms with Gasteiger partial charge in [0, 0.05) is 18.5 Å². The fourth-order valence-electron chi connectivity index (χ4n) is 1.99. The van der Waals surface area contributed by atoms with Crippen molar-refractivity contribution in [1.82, 2.24) is 20.4 Å². The van der Waals surface area contributed by atoms with Crippen LogP contribution in [0.2, 0.25) is 5.02 Å². The number of nitrogens with zero attached hydrogens (tertiary/aromatic N) is 3. The van der Waals surface area contributed by atoms with Crippen molar-refractivity contribution >= 4 is 28.4 Å². The number of carbonyl (C=O) groups excluding carboxylic acids is 1. The summed E-state index contributed by atoms with van der Waals surface area (Å²) in [6, 6.07) is 6.93. The molecule has 1 amide bonds. The minimum absolute atomic E-state index is 0.188. The van der Waals surface area contributed by atoms with E-state index in [1.165, 1.54) is 0 Å². The van der Waals surface area contributed by atoms with Crippen LogP contribution in [-0.2, 0) is 6.54 Å². The lowest BCUT2D eigenvalue weighted by Gasteiger charge is -2.07. The number of hydrogen-bond donors (Lipinski definition) is 1. The number of halogens is 1. The van der Waals surface area contributed by atoms with E-state index in [1.54, 1.807) is 31.3 Å². The van der Waals surface area contributed by atoms with Gasteiger partial charge in [-0.1, -0.05) is 16.8 Å². The molecule has 0 bridgehead atoms. The molecule has 0 aliphatic rings. The van der Waals surface area contributed by atoms with E-state index in [0.717, 1.165) is 5.39 Å². The molecule has 3 aromatic rings. The van der Waals surface area contributed by atoms with Gasteiger partial charge in [-0.05, 0) is 24.3 Å². The predicted octanol–water partition coefficient (Wildman–Crippen LogP) is 2.51. The summed E-state index contributed by atoms with van der Waals surface area (Å²) in [5.74, 6) is 0.614. The average Bonchev–Trinajstić information content (AvgIpc) is 2.91. The van der Waals surface area contributed by atoms with Crippen LogP contribution < -0.4 is 5.32 Å².